The minimum Gasteiger partial charge on any atom is -0.393 e. The predicted octanol–water partition coefficient (Wildman–Crippen LogP) is 7.65. The zero-order valence-electron chi connectivity index (χ0n) is 36.5. The molecule has 0 aromatic carbocycles. The molecule has 58 heavy (non-hydrogen) atoms. The van der Waals surface area contributed by atoms with Gasteiger partial charge in [-0.1, -0.05) is 194 Å². The van der Waals surface area contributed by atoms with E-state index in [-0.39, 0.29) is 12.8 Å². The zero-order valence-corrected chi connectivity index (χ0v) is 37.4. The Hall–Kier alpha value is -0.700. The molecule has 0 heterocycles. The SMILES string of the molecule is CCCCCCCCCCCCCCCCCCCCCCCCCCCC(O)CC(=O)NC(COP(=O)(O)OC1C(O)C(O)C(O)C(O)C1O)C(O)CCCCC. The van der Waals surface area contributed by atoms with Crippen molar-refractivity contribution in [2.75, 3.05) is 6.61 Å². The molecule has 9 N–H and O–H groups in total. The summed E-state index contributed by atoms with van der Waals surface area (Å²) < 4.78 is 22.6. The number of unbranched alkanes of at least 4 members (excludes halogenated alkanes) is 26. The average Bonchev–Trinajstić information content (AvgIpc) is 3.19. The summed E-state index contributed by atoms with van der Waals surface area (Å²) in [7, 11) is -5.09. The topological polar surface area (TPSA) is 226 Å². The first-order valence-corrected chi connectivity index (χ1v) is 25.1. The number of phosphoric ester groups is 1. The van der Waals surface area contributed by atoms with Crippen LogP contribution in [0.5, 0.6) is 0 Å². The fourth-order valence-electron chi connectivity index (χ4n) is 7.83. The standard InChI is InChI=1S/C44H88NO12P/c1-3-5-7-8-9-10-11-12-13-14-15-16-17-18-19-20-21-22-23-24-25-26-27-28-30-31-35(46)33-38(48)45-36(37(47)32-29-6-4-2)34-56-58(54,55)57-44-42(52)40(50)39(49)41(51)43(44)53/h35-37,39-44,46-47,49-53H,3-34H2,1-2H3,(H,45,48)(H,54,55). The summed E-state index contributed by atoms with van der Waals surface area (Å²) in [5.74, 6) is -0.567. The Balaban J connectivity index is 2.16. The summed E-state index contributed by atoms with van der Waals surface area (Å²) in [5, 5.41) is 73.7. The summed E-state index contributed by atoms with van der Waals surface area (Å²) in [4.78, 5) is 23.1. The van der Waals surface area contributed by atoms with Crippen molar-refractivity contribution in [1.82, 2.24) is 5.32 Å². The van der Waals surface area contributed by atoms with Crippen molar-refractivity contribution >= 4 is 13.7 Å². The Labute approximate surface area is 351 Å². The van der Waals surface area contributed by atoms with Gasteiger partial charge < -0.3 is 46.0 Å². The molecule has 1 amide bonds. The zero-order chi connectivity index (χ0) is 43.0. The van der Waals surface area contributed by atoms with Crippen molar-refractivity contribution < 1.29 is 59.0 Å². The number of nitrogens with one attached hydrogen (secondary N) is 1. The number of rotatable bonds is 39. The molecule has 0 bridgehead atoms. The van der Waals surface area contributed by atoms with E-state index in [9.17, 15) is 50.0 Å². The van der Waals surface area contributed by atoms with Crippen LogP contribution < -0.4 is 5.32 Å². The van der Waals surface area contributed by atoms with Crippen LogP contribution in [0.4, 0.5) is 0 Å². The lowest BCUT2D eigenvalue weighted by atomic mass is 9.85. The third kappa shape index (κ3) is 26.6. The normalized spacial score (nSPS) is 23.7. The monoisotopic (exact) mass is 854 g/mol. The number of carbonyl (C=O) groups excluding carboxylic acids is 1. The van der Waals surface area contributed by atoms with Crippen LogP contribution in [0.1, 0.15) is 213 Å². The summed E-state index contributed by atoms with van der Waals surface area (Å²) in [6.45, 7) is 3.58. The third-order valence-corrected chi connectivity index (χ3v) is 12.7. The van der Waals surface area contributed by atoms with Crippen molar-refractivity contribution in [3.8, 4) is 0 Å². The summed E-state index contributed by atoms with van der Waals surface area (Å²) in [5.41, 5.74) is 0. The maximum Gasteiger partial charge on any atom is 0.472 e. The molecule has 0 spiro atoms. The fraction of sp³-hybridized carbons (Fsp3) is 0.977. The molecule has 0 aromatic heterocycles. The number of phosphoric acid groups is 1. The van der Waals surface area contributed by atoms with Crippen LogP contribution in [0.25, 0.3) is 0 Å². The molecule has 0 aliphatic heterocycles. The first kappa shape index (κ1) is 55.3. The van der Waals surface area contributed by atoms with Gasteiger partial charge in [-0.3, -0.25) is 13.8 Å². The van der Waals surface area contributed by atoms with Gasteiger partial charge in [0.2, 0.25) is 5.91 Å². The van der Waals surface area contributed by atoms with Crippen LogP contribution in [0.2, 0.25) is 0 Å². The first-order chi connectivity index (χ1) is 27.8. The van der Waals surface area contributed by atoms with Gasteiger partial charge in [-0.05, 0) is 12.8 Å². The fourth-order valence-corrected chi connectivity index (χ4v) is 8.80. The maximum atomic E-state index is 12.8. The maximum absolute atomic E-state index is 12.8. The Morgan fingerprint density at radius 3 is 1.26 bits per heavy atom. The van der Waals surface area contributed by atoms with Crippen LogP contribution in [-0.4, -0.2) is 108 Å². The van der Waals surface area contributed by atoms with Gasteiger partial charge in [0.1, 0.15) is 36.6 Å². The van der Waals surface area contributed by atoms with E-state index < -0.39 is 75.2 Å². The molecule has 1 rings (SSSR count). The molecule has 0 radical (unpaired) electrons. The van der Waals surface area contributed by atoms with Crippen LogP contribution in [-0.2, 0) is 18.4 Å². The van der Waals surface area contributed by atoms with Crippen LogP contribution in [0.15, 0.2) is 0 Å². The van der Waals surface area contributed by atoms with Gasteiger partial charge in [0.15, 0.2) is 0 Å². The Morgan fingerprint density at radius 2 is 0.862 bits per heavy atom. The molecule has 1 fully saturated rings. The Morgan fingerprint density at radius 1 is 0.534 bits per heavy atom. The largest absolute Gasteiger partial charge is 0.472 e. The predicted molar refractivity (Wildman–Crippen MR) is 229 cm³/mol. The number of carbonyl (C=O) groups is 1. The number of hydrogen-bond donors (Lipinski definition) is 9. The quantitative estimate of drug-likeness (QED) is 0.0215. The molecule has 14 heteroatoms. The molecule has 0 saturated heterocycles. The number of amides is 1. The van der Waals surface area contributed by atoms with Crippen molar-refractivity contribution in [2.45, 2.75) is 268 Å². The van der Waals surface area contributed by atoms with Crippen molar-refractivity contribution in [1.29, 1.82) is 0 Å². The number of hydrogen-bond acceptors (Lipinski definition) is 11. The highest BCUT2D eigenvalue weighted by Gasteiger charge is 2.51. The summed E-state index contributed by atoms with van der Waals surface area (Å²) in [6, 6.07) is -1.14. The lowest BCUT2D eigenvalue weighted by Gasteiger charge is -2.41. The van der Waals surface area contributed by atoms with E-state index >= 15 is 0 Å². The highest BCUT2D eigenvalue weighted by molar-refractivity contribution is 7.47. The Kier molecular flexibility index (Phi) is 33.2. The van der Waals surface area contributed by atoms with Crippen LogP contribution >= 0.6 is 7.82 Å². The lowest BCUT2D eigenvalue weighted by Crippen LogP contribution is -2.64. The third-order valence-electron chi connectivity index (χ3n) is 11.7. The van der Waals surface area contributed by atoms with Crippen molar-refractivity contribution in [3.05, 3.63) is 0 Å². The summed E-state index contributed by atoms with van der Waals surface area (Å²) >= 11 is 0. The van der Waals surface area contributed by atoms with E-state index in [1.54, 1.807) is 0 Å². The van der Waals surface area contributed by atoms with Gasteiger partial charge in [0.05, 0.1) is 31.3 Å². The minimum atomic E-state index is -5.09. The van der Waals surface area contributed by atoms with E-state index in [1.165, 1.54) is 135 Å². The average molecular weight is 854 g/mol. The number of aliphatic hydroxyl groups excluding tert-OH is 7. The molecule has 1 aliphatic rings. The minimum absolute atomic E-state index is 0.219. The van der Waals surface area contributed by atoms with E-state index in [4.69, 9.17) is 9.05 Å². The van der Waals surface area contributed by atoms with E-state index in [0.29, 0.717) is 12.8 Å². The molecule has 8 unspecified atom stereocenters. The lowest BCUT2D eigenvalue weighted by molar-refractivity contribution is -0.220. The molecule has 1 aliphatic carbocycles. The van der Waals surface area contributed by atoms with Crippen molar-refractivity contribution in [2.24, 2.45) is 0 Å². The second kappa shape index (κ2) is 34.8. The van der Waals surface area contributed by atoms with Crippen molar-refractivity contribution in [3.63, 3.8) is 0 Å². The van der Waals surface area contributed by atoms with Gasteiger partial charge >= 0.3 is 7.82 Å². The van der Waals surface area contributed by atoms with E-state index in [0.717, 1.165) is 38.5 Å². The number of aliphatic hydroxyl groups is 7. The molecule has 13 nitrogen and oxygen atoms in total. The van der Waals surface area contributed by atoms with Gasteiger partial charge in [0, 0.05) is 0 Å². The van der Waals surface area contributed by atoms with Crippen LogP contribution in [0.3, 0.4) is 0 Å². The van der Waals surface area contributed by atoms with E-state index in [2.05, 4.69) is 12.2 Å². The Bertz CT molecular complexity index is 1010. The van der Waals surface area contributed by atoms with Gasteiger partial charge in [-0.25, -0.2) is 4.57 Å². The van der Waals surface area contributed by atoms with E-state index in [1.807, 2.05) is 6.92 Å². The van der Waals surface area contributed by atoms with Gasteiger partial charge in [-0.2, -0.15) is 0 Å². The first-order valence-electron chi connectivity index (χ1n) is 23.6. The van der Waals surface area contributed by atoms with Gasteiger partial charge in [-0.15, -0.1) is 0 Å². The second-order valence-corrected chi connectivity index (χ2v) is 18.6. The molecule has 0 aromatic rings. The highest BCUT2D eigenvalue weighted by atomic mass is 31.2. The molecular formula is C44H88NO12P. The van der Waals surface area contributed by atoms with Crippen LogP contribution in [0, 0.1) is 0 Å². The molecule has 8 atom stereocenters. The molecular weight excluding hydrogens is 765 g/mol. The second-order valence-electron chi connectivity index (χ2n) is 17.2. The smallest absolute Gasteiger partial charge is 0.393 e. The van der Waals surface area contributed by atoms with Gasteiger partial charge in [0.25, 0.3) is 0 Å². The summed E-state index contributed by atoms with van der Waals surface area (Å²) in [6.07, 6.45) is 21.7. The highest BCUT2D eigenvalue weighted by Crippen LogP contribution is 2.47. The molecule has 346 valence electrons. The molecule has 1 saturated carbocycles.